The van der Waals surface area contributed by atoms with Crippen LogP contribution in [-0.4, -0.2) is 19.2 Å². The molecule has 0 unspecified atom stereocenters. The third kappa shape index (κ3) is 9.77. The maximum absolute atomic E-state index is 11.9. The highest BCUT2D eigenvalue weighted by molar-refractivity contribution is 7.92. The lowest BCUT2D eigenvalue weighted by Gasteiger charge is -2.07. The highest BCUT2D eigenvalue weighted by Crippen LogP contribution is 2.11. The average Bonchev–Trinajstić information content (AvgIpc) is 2.49. The summed E-state index contributed by atoms with van der Waals surface area (Å²) in [6, 6.07) is 5.20. The molecule has 0 aliphatic carbocycles. The number of hydrogen-bond donors (Lipinski definition) is 1. The predicted octanol–water partition coefficient (Wildman–Crippen LogP) is 4.74. The average molecular weight is 327 g/mol. The molecule has 0 saturated heterocycles. The van der Waals surface area contributed by atoms with E-state index in [1.807, 2.05) is 0 Å². The van der Waals surface area contributed by atoms with Gasteiger partial charge in [-0.1, -0.05) is 70.8 Å². The fourth-order valence-corrected chi connectivity index (χ4v) is 3.54. The minimum absolute atomic E-state index is 0.181. The lowest BCUT2D eigenvalue weighted by Crippen LogP contribution is -2.17. The summed E-state index contributed by atoms with van der Waals surface area (Å²) in [5, 5.41) is 0. The molecule has 1 heterocycles. The number of nitrogens with zero attached hydrogens (tertiary/aromatic N) is 1. The van der Waals surface area contributed by atoms with Gasteiger partial charge in [-0.05, 0) is 18.6 Å². The third-order valence-corrected chi connectivity index (χ3v) is 5.04. The third-order valence-electron chi connectivity index (χ3n) is 3.69. The highest BCUT2D eigenvalue weighted by atomic mass is 32.2. The van der Waals surface area contributed by atoms with E-state index in [4.69, 9.17) is 0 Å². The number of aromatic nitrogens is 1. The molecule has 1 rings (SSSR count). The summed E-state index contributed by atoms with van der Waals surface area (Å²) in [5.41, 5.74) is 0. The quantitative estimate of drug-likeness (QED) is 0.532. The van der Waals surface area contributed by atoms with Crippen molar-refractivity contribution in [3.8, 4) is 0 Å². The van der Waals surface area contributed by atoms with Crippen molar-refractivity contribution in [1.82, 2.24) is 4.98 Å². The molecule has 0 radical (unpaired) electrons. The molecule has 126 valence electrons. The molecule has 5 heteroatoms. The van der Waals surface area contributed by atoms with Crippen LogP contribution in [0.1, 0.15) is 71.1 Å². The van der Waals surface area contributed by atoms with Crippen molar-refractivity contribution in [3.63, 3.8) is 0 Å². The Morgan fingerprint density at radius 2 is 1.50 bits per heavy atom. The normalized spacial score (nSPS) is 11.5. The number of unbranched alkanes of at least 4 members (excludes halogenated alkanes) is 9. The Kier molecular flexibility index (Phi) is 9.87. The van der Waals surface area contributed by atoms with Crippen LogP contribution in [0.15, 0.2) is 24.4 Å². The van der Waals surface area contributed by atoms with Crippen molar-refractivity contribution in [2.75, 3.05) is 10.5 Å². The zero-order chi connectivity index (χ0) is 16.1. The van der Waals surface area contributed by atoms with E-state index in [2.05, 4.69) is 16.6 Å². The zero-order valence-electron chi connectivity index (χ0n) is 13.8. The van der Waals surface area contributed by atoms with Crippen LogP contribution in [0.25, 0.3) is 0 Å². The van der Waals surface area contributed by atoms with Crippen molar-refractivity contribution >= 4 is 15.8 Å². The Bertz CT molecular complexity index is 475. The summed E-state index contributed by atoms with van der Waals surface area (Å²) >= 11 is 0. The topological polar surface area (TPSA) is 59.1 Å². The van der Waals surface area contributed by atoms with Crippen LogP contribution in [0.3, 0.4) is 0 Å². The Morgan fingerprint density at radius 1 is 0.909 bits per heavy atom. The molecule has 0 atom stereocenters. The first kappa shape index (κ1) is 18.9. The Hall–Kier alpha value is -1.10. The van der Waals surface area contributed by atoms with E-state index < -0.39 is 10.0 Å². The molecule has 0 saturated carbocycles. The smallest absolute Gasteiger partial charge is 0.233 e. The van der Waals surface area contributed by atoms with Gasteiger partial charge in [-0.3, -0.25) is 4.72 Å². The molecular formula is C17H30N2O2S. The fraction of sp³-hybridized carbons (Fsp3) is 0.706. The summed E-state index contributed by atoms with van der Waals surface area (Å²) in [7, 11) is -3.25. The SMILES string of the molecule is CCCCCCCCCCCCS(=O)(=O)Nc1ccccn1. The molecule has 0 fully saturated rings. The molecule has 1 aromatic heterocycles. The maximum Gasteiger partial charge on any atom is 0.233 e. The van der Waals surface area contributed by atoms with Gasteiger partial charge in [-0.2, -0.15) is 0 Å². The molecule has 22 heavy (non-hydrogen) atoms. The van der Waals surface area contributed by atoms with Gasteiger partial charge < -0.3 is 0 Å². The van der Waals surface area contributed by atoms with Gasteiger partial charge in [0.15, 0.2) is 0 Å². The molecule has 4 nitrogen and oxygen atoms in total. The summed E-state index contributed by atoms with van der Waals surface area (Å²) in [4.78, 5) is 3.97. The second kappa shape index (κ2) is 11.5. The zero-order valence-corrected chi connectivity index (χ0v) is 14.6. The van der Waals surface area contributed by atoms with Crippen LogP contribution in [0.4, 0.5) is 5.82 Å². The van der Waals surface area contributed by atoms with E-state index >= 15 is 0 Å². The first-order valence-corrected chi connectivity index (χ1v) is 10.2. The lowest BCUT2D eigenvalue weighted by atomic mass is 10.1. The molecule has 0 aliphatic rings. The van der Waals surface area contributed by atoms with Crippen LogP contribution in [0.5, 0.6) is 0 Å². The molecule has 0 aliphatic heterocycles. The summed E-state index contributed by atoms with van der Waals surface area (Å²) < 4.78 is 26.3. The van der Waals surface area contributed by atoms with Crippen LogP contribution < -0.4 is 4.72 Å². The summed E-state index contributed by atoms with van der Waals surface area (Å²) in [6.07, 6.45) is 13.6. The van der Waals surface area contributed by atoms with Gasteiger partial charge in [-0.25, -0.2) is 13.4 Å². The highest BCUT2D eigenvalue weighted by Gasteiger charge is 2.10. The van der Waals surface area contributed by atoms with E-state index in [9.17, 15) is 8.42 Å². The Balaban J connectivity index is 2.02. The number of rotatable bonds is 13. The first-order chi connectivity index (χ1) is 10.6. The van der Waals surface area contributed by atoms with Crippen LogP contribution >= 0.6 is 0 Å². The van der Waals surface area contributed by atoms with Gasteiger partial charge in [0.2, 0.25) is 10.0 Å². The lowest BCUT2D eigenvalue weighted by molar-refractivity contribution is 0.558. The minimum Gasteiger partial charge on any atom is -0.267 e. The van der Waals surface area contributed by atoms with E-state index in [-0.39, 0.29) is 5.75 Å². The van der Waals surface area contributed by atoms with E-state index in [0.29, 0.717) is 5.82 Å². The monoisotopic (exact) mass is 326 g/mol. The number of hydrogen-bond acceptors (Lipinski definition) is 3. The predicted molar refractivity (Wildman–Crippen MR) is 93.5 cm³/mol. The molecule has 0 aromatic carbocycles. The van der Waals surface area contributed by atoms with Crippen molar-refractivity contribution in [3.05, 3.63) is 24.4 Å². The largest absolute Gasteiger partial charge is 0.267 e. The molecular weight excluding hydrogens is 296 g/mol. The van der Waals surface area contributed by atoms with E-state index in [1.54, 1.807) is 24.4 Å². The van der Waals surface area contributed by atoms with Crippen LogP contribution in [0, 0.1) is 0 Å². The van der Waals surface area contributed by atoms with Gasteiger partial charge >= 0.3 is 0 Å². The van der Waals surface area contributed by atoms with Crippen molar-refractivity contribution < 1.29 is 8.42 Å². The Morgan fingerprint density at radius 3 is 2.05 bits per heavy atom. The van der Waals surface area contributed by atoms with Crippen LogP contribution in [-0.2, 0) is 10.0 Å². The molecule has 0 spiro atoms. The molecule has 0 bridgehead atoms. The summed E-state index contributed by atoms with van der Waals surface area (Å²) in [6.45, 7) is 2.23. The van der Waals surface area contributed by atoms with Crippen molar-refractivity contribution in [2.24, 2.45) is 0 Å². The maximum atomic E-state index is 11.9. The van der Waals surface area contributed by atoms with Crippen LogP contribution in [0.2, 0.25) is 0 Å². The van der Waals surface area contributed by atoms with Crippen molar-refractivity contribution in [1.29, 1.82) is 0 Å². The van der Waals surface area contributed by atoms with Crippen molar-refractivity contribution in [2.45, 2.75) is 71.1 Å². The number of pyridine rings is 1. The number of nitrogens with one attached hydrogen (secondary N) is 1. The number of sulfonamides is 1. The summed E-state index contributed by atoms with van der Waals surface area (Å²) in [5.74, 6) is 0.578. The standard InChI is InChI=1S/C17H30N2O2S/c1-2-3-4-5-6-7-8-9-10-13-16-22(20,21)19-17-14-11-12-15-18-17/h11-12,14-15H,2-10,13,16H2,1H3,(H,18,19). The van der Waals surface area contributed by atoms with E-state index in [1.165, 1.54) is 44.9 Å². The second-order valence-electron chi connectivity index (χ2n) is 5.82. The molecule has 1 aromatic rings. The number of anilines is 1. The Labute approximate surface area is 135 Å². The van der Waals surface area contributed by atoms with E-state index in [0.717, 1.165) is 19.3 Å². The fourth-order valence-electron chi connectivity index (χ4n) is 2.41. The minimum atomic E-state index is -3.25. The van der Waals surface area contributed by atoms with Gasteiger partial charge in [0.25, 0.3) is 0 Å². The first-order valence-electron chi connectivity index (χ1n) is 8.55. The second-order valence-corrected chi connectivity index (χ2v) is 7.66. The van der Waals surface area contributed by atoms with Gasteiger partial charge in [0.1, 0.15) is 5.82 Å². The molecule has 1 N–H and O–H groups in total. The van der Waals surface area contributed by atoms with Gasteiger partial charge in [0.05, 0.1) is 5.75 Å². The molecule has 0 amide bonds. The van der Waals surface area contributed by atoms with Gasteiger partial charge in [0, 0.05) is 6.20 Å². The van der Waals surface area contributed by atoms with Gasteiger partial charge in [-0.15, -0.1) is 0 Å².